The van der Waals surface area contributed by atoms with Crippen LogP contribution in [0.1, 0.15) is 0 Å². The molecule has 23 heavy (non-hydrogen) atoms. The Balaban J connectivity index is 3.05. The fourth-order valence-electron chi connectivity index (χ4n) is 1.41. The topological polar surface area (TPSA) is 82.1 Å². The van der Waals surface area contributed by atoms with Gasteiger partial charge in [-0.25, -0.2) is 0 Å². The molecule has 0 saturated carbocycles. The summed E-state index contributed by atoms with van der Waals surface area (Å²) in [4.78, 5) is 0. The quantitative estimate of drug-likeness (QED) is 0.303. The maximum Gasteiger partial charge on any atom is 0.426 e. The van der Waals surface area contributed by atoms with Crippen LogP contribution >= 0.6 is 45.2 Å². The Bertz CT molecular complexity index is 627. The van der Waals surface area contributed by atoms with Crippen LogP contribution in [0.3, 0.4) is 0 Å². The first kappa shape index (κ1) is 21.0. The molecule has 0 aliphatic heterocycles. The lowest BCUT2D eigenvalue weighted by Gasteiger charge is -2.21. The molecule has 0 aliphatic carbocycles. The maximum absolute atomic E-state index is 12.8. The first-order valence-corrected chi connectivity index (χ1v) is 9.50. The van der Waals surface area contributed by atoms with E-state index in [4.69, 9.17) is 18.8 Å². The van der Waals surface area contributed by atoms with E-state index in [-0.39, 0.29) is 12.5 Å². The number of rotatable bonds is 7. The van der Waals surface area contributed by atoms with Crippen LogP contribution in [0.5, 0.6) is 11.5 Å². The highest BCUT2D eigenvalue weighted by atomic mass is 127. The molecule has 0 amide bonds. The van der Waals surface area contributed by atoms with Gasteiger partial charge in [0.2, 0.25) is 6.10 Å². The Morgan fingerprint density at radius 1 is 1.26 bits per heavy atom. The van der Waals surface area contributed by atoms with Crippen molar-refractivity contribution in [3.8, 4) is 11.5 Å². The molecule has 0 heterocycles. The number of ether oxygens (including phenoxy) is 3. The van der Waals surface area contributed by atoms with Gasteiger partial charge in [0, 0.05) is 7.11 Å². The summed E-state index contributed by atoms with van der Waals surface area (Å²) >= 11 is 3.67. The first-order chi connectivity index (χ1) is 10.4. The van der Waals surface area contributed by atoms with Crippen LogP contribution in [-0.2, 0) is 14.9 Å². The second-order valence-corrected chi connectivity index (χ2v) is 7.99. The van der Waals surface area contributed by atoms with Crippen molar-refractivity contribution in [1.82, 2.24) is 0 Å². The SMILES string of the molecule is COCOc1c(I)cc(OC(CS(=O)(=O)O)C(F)(F)F)cc1I. The van der Waals surface area contributed by atoms with Gasteiger partial charge >= 0.3 is 6.18 Å². The van der Waals surface area contributed by atoms with Gasteiger partial charge in [0.15, 0.2) is 6.79 Å². The highest BCUT2D eigenvalue weighted by molar-refractivity contribution is 14.1. The third-order valence-corrected chi connectivity index (χ3v) is 4.62. The number of alkyl halides is 3. The zero-order valence-corrected chi connectivity index (χ0v) is 16.6. The van der Waals surface area contributed by atoms with Crippen molar-refractivity contribution in [3.05, 3.63) is 19.3 Å². The van der Waals surface area contributed by atoms with Crippen molar-refractivity contribution < 1.29 is 40.4 Å². The largest absolute Gasteiger partial charge is 0.480 e. The van der Waals surface area contributed by atoms with Gasteiger partial charge in [0.25, 0.3) is 10.1 Å². The lowest BCUT2D eigenvalue weighted by Crippen LogP contribution is -2.40. The van der Waals surface area contributed by atoms with Crippen LogP contribution in [0.2, 0.25) is 0 Å². The predicted molar refractivity (Wildman–Crippen MR) is 91.3 cm³/mol. The van der Waals surface area contributed by atoms with Crippen LogP contribution in [0.25, 0.3) is 0 Å². The van der Waals surface area contributed by atoms with Crippen molar-refractivity contribution in [1.29, 1.82) is 0 Å². The molecular formula is C11H11F3I2O6S. The van der Waals surface area contributed by atoms with Crippen LogP contribution in [0.15, 0.2) is 12.1 Å². The Morgan fingerprint density at radius 2 is 1.78 bits per heavy atom. The minimum Gasteiger partial charge on any atom is -0.480 e. The van der Waals surface area contributed by atoms with Gasteiger partial charge in [-0.05, 0) is 57.3 Å². The minimum absolute atomic E-state index is 0.0415. The van der Waals surface area contributed by atoms with E-state index < -0.39 is 28.2 Å². The summed E-state index contributed by atoms with van der Waals surface area (Å²) in [7, 11) is -3.44. The average molecular weight is 582 g/mol. The fraction of sp³-hybridized carbons (Fsp3) is 0.455. The predicted octanol–water partition coefficient (Wildman–Crippen LogP) is 3.08. The molecule has 1 rings (SSSR count). The van der Waals surface area contributed by atoms with Gasteiger partial charge in [-0.15, -0.1) is 0 Å². The summed E-state index contributed by atoms with van der Waals surface area (Å²) in [6.45, 7) is -0.0415. The van der Waals surface area contributed by atoms with E-state index in [1.54, 1.807) is 0 Å². The van der Waals surface area contributed by atoms with Crippen LogP contribution in [0, 0.1) is 7.14 Å². The van der Waals surface area contributed by atoms with E-state index in [1.807, 2.05) is 45.2 Å². The second kappa shape index (κ2) is 8.35. The molecule has 1 aromatic carbocycles. The van der Waals surface area contributed by atoms with Crippen LogP contribution in [0.4, 0.5) is 13.2 Å². The zero-order chi connectivity index (χ0) is 17.8. The lowest BCUT2D eigenvalue weighted by atomic mass is 10.3. The van der Waals surface area contributed by atoms with Gasteiger partial charge in [0.1, 0.15) is 17.3 Å². The smallest absolute Gasteiger partial charge is 0.426 e. The Labute approximate surface area is 157 Å². The molecule has 1 N–H and O–H groups in total. The Morgan fingerprint density at radius 3 is 2.17 bits per heavy atom. The molecule has 0 spiro atoms. The number of hydrogen-bond acceptors (Lipinski definition) is 5. The third kappa shape index (κ3) is 7.15. The molecule has 0 aliphatic rings. The van der Waals surface area contributed by atoms with Crippen LogP contribution < -0.4 is 9.47 Å². The van der Waals surface area contributed by atoms with Crippen molar-refractivity contribution >= 4 is 55.3 Å². The second-order valence-electron chi connectivity index (χ2n) is 4.16. The normalized spacial score (nSPS) is 13.7. The molecule has 1 aromatic rings. The number of benzene rings is 1. The summed E-state index contributed by atoms with van der Waals surface area (Å²) in [5, 5.41) is 0. The van der Waals surface area contributed by atoms with Gasteiger partial charge < -0.3 is 14.2 Å². The molecule has 132 valence electrons. The Hall–Kier alpha value is -0.0600. The molecule has 6 nitrogen and oxygen atoms in total. The summed E-state index contributed by atoms with van der Waals surface area (Å²) in [5.41, 5.74) is 0. The number of methoxy groups -OCH3 is 1. The molecule has 0 bridgehead atoms. The molecule has 0 aromatic heterocycles. The van der Waals surface area contributed by atoms with Crippen molar-refractivity contribution in [2.24, 2.45) is 0 Å². The van der Waals surface area contributed by atoms with Crippen molar-refractivity contribution in [2.45, 2.75) is 12.3 Å². The lowest BCUT2D eigenvalue weighted by molar-refractivity contribution is -0.188. The molecular weight excluding hydrogens is 571 g/mol. The monoisotopic (exact) mass is 582 g/mol. The van der Waals surface area contributed by atoms with E-state index in [1.165, 1.54) is 19.2 Å². The first-order valence-electron chi connectivity index (χ1n) is 5.73. The molecule has 0 fully saturated rings. The molecule has 12 heteroatoms. The van der Waals surface area contributed by atoms with E-state index in [0.29, 0.717) is 12.9 Å². The van der Waals surface area contributed by atoms with Gasteiger partial charge in [-0.1, -0.05) is 0 Å². The number of halogens is 5. The summed E-state index contributed by atoms with van der Waals surface area (Å²) < 4.78 is 84.2. The van der Waals surface area contributed by atoms with Gasteiger partial charge in [-0.3, -0.25) is 4.55 Å². The summed E-state index contributed by atoms with van der Waals surface area (Å²) in [5.74, 6) is -1.39. The van der Waals surface area contributed by atoms with E-state index in [9.17, 15) is 21.6 Å². The Kier molecular flexibility index (Phi) is 7.62. The van der Waals surface area contributed by atoms with Gasteiger partial charge in [-0.2, -0.15) is 21.6 Å². The molecule has 1 unspecified atom stereocenters. The highest BCUT2D eigenvalue weighted by Crippen LogP contribution is 2.34. The standard InChI is InChI=1S/C11H11F3I2O6S/c1-20-5-21-10-7(15)2-6(3-8(10)16)22-9(11(12,13)14)4-23(17,18)19/h2-3,9H,4-5H2,1H3,(H,17,18,19). The third-order valence-electron chi connectivity index (χ3n) is 2.30. The fourth-order valence-corrected chi connectivity index (χ4v) is 4.07. The highest BCUT2D eigenvalue weighted by Gasteiger charge is 2.44. The van der Waals surface area contributed by atoms with Crippen molar-refractivity contribution in [2.75, 3.05) is 19.7 Å². The minimum atomic E-state index is -4.96. The van der Waals surface area contributed by atoms with Crippen LogP contribution in [-0.4, -0.2) is 44.9 Å². The van der Waals surface area contributed by atoms with Gasteiger partial charge in [0.05, 0.1) is 7.14 Å². The van der Waals surface area contributed by atoms with E-state index in [2.05, 4.69) is 0 Å². The van der Waals surface area contributed by atoms with E-state index >= 15 is 0 Å². The molecule has 1 atom stereocenters. The summed E-state index contributed by atoms with van der Waals surface area (Å²) in [6.07, 6.45) is -7.65. The molecule has 0 radical (unpaired) electrons. The average Bonchev–Trinajstić information content (AvgIpc) is 2.34. The van der Waals surface area contributed by atoms with E-state index in [0.717, 1.165) is 0 Å². The summed E-state index contributed by atoms with van der Waals surface area (Å²) in [6, 6.07) is 2.52. The number of hydrogen-bond donors (Lipinski definition) is 1. The maximum atomic E-state index is 12.8. The zero-order valence-electron chi connectivity index (χ0n) is 11.4. The molecule has 0 saturated heterocycles. The van der Waals surface area contributed by atoms with Crippen molar-refractivity contribution in [3.63, 3.8) is 0 Å².